The maximum Gasteiger partial charge on any atom is 0.0664 e. The Bertz CT molecular complexity index is 538. The van der Waals surface area contributed by atoms with Crippen LogP contribution in [0.5, 0.6) is 0 Å². The minimum absolute atomic E-state index is 0.364. The summed E-state index contributed by atoms with van der Waals surface area (Å²) in [5, 5.41) is 0. The number of pyridine rings is 1. The molecule has 0 N–H and O–H groups in total. The lowest BCUT2D eigenvalue weighted by Crippen LogP contribution is -2.19. The van der Waals surface area contributed by atoms with Crippen molar-refractivity contribution < 1.29 is 0 Å². The maximum absolute atomic E-state index is 4.55. The van der Waals surface area contributed by atoms with Crippen molar-refractivity contribution in [1.82, 2.24) is 4.98 Å². The zero-order valence-electron chi connectivity index (χ0n) is 11.7. The molecule has 0 radical (unpaired) electrons. The minimum Gasteiger partial charge on any atom is -0.257 e. The van der Waals surface area contributed by atoms with Crippen LogP contribution in [0.3, 0.4) is 0 Å². The molecule has 3 atom stereocenters. The first-order valence-electron chi connectivity index (χ1n) is 7.20. The molecule has 0 bridgehead atoms. The Morgan fingerprint density at radius 1 is 1.37 bits per heavy atom. The van der Waals surface area contributed by atoms with E-state index in [0.29, 0.717) is 11.3 Å². The molecule has 19 heavy (non-hydrogen) atoms. The van der Waals surface area contributed by atoms with E-state index in [4.69, 9.17) is 0 Å². The molecule has 1 aromatic heterocycles. The molecule has 3 unspecified atom stereocenters. The average molecular weight is 251 g/mol. The van der Waals surface area contributed by atoms with Crippen molar-refractivity contribution in [3.63, 3.8) is 0 Å². The number of hydrogen-bond donors (Lipinski definition) is 0. The first-order chi connectivity index (χ1) is 9.28. The summed E-state index contributed by atoms with van der Waals surface area (Å²) in [6, 6.07) is 6.20. The Hall–Kier alpha value is -1.63. The van der Waals surface area contributed by atoms with Crippen molar-refractivity contribution in [3.05, 3.63) is 60.5 Å². The van der Waals surface area contributed by atoms with Crippen molar-refractivity contribution in [2.24, 2.45) is 17.3 Å². The fourth-order valence-corrected chi connectivity index (χ4v) is 3.55. The highest BCUT2D eigenvalue weighted by molar-refractivity contribution is 5.69. The van der Waals surface area contributed by atoms with Gasteiger partial charge in [0.15, 0.2) is 0 Å². The molecule has 1 fully saturated rings. The second-order valence-electron chi connectivity index (χ2n) is 5.77. The van der Waals surface area contributed by atoms with E-state index in [2.05, 4.69) is 61.3 Å². The molecule has 1 heteroatoms. The van der Waals surface area contributed by atoms with E-state index in [1.54, 1.807) is 0 Å². The summed E-state index contributed by atoms with van der Waals surface area (Å²) in [4.78, 5) is 4.55. The van der Waals surface area contributed by atoms with E-state index in [1.807, 2.05) is 12.3 Å². The molecule has 0 aromatic carbocycles. The summed E-state index contributed by atoms with van der Waals surface area (Å²) in [5.74, 6) is 1.37. The molecule has 1 heterocycles. The fourth-order valence-electron chi connectivity index (χ4n) is 3.55. The highest BCUT2D eigenvalue weighted by Gasteiger charge is 2.55. The summed E-state index contributed by atoms with van der Waals surface area (Å²) >= 11 is 0. The third kappa shape index (κ3) is 2.07. The van der Waals surface area contributed by atoms with Gasteiger partial charge in [-0.1, -0.05) is 43.4 Å². The molecular formula is C18H21N. The lowest BCUT2D eigenvalue weighted by Gasteiger charge is -2.29. The highest BCUT2D eigenvalue weighted by atomic mass is 14.7. The van der Waals surface area contributed by atoms with Crippen molar-refractivity contribution in [3.8, 4) is 0 Å². The average Bonchev–Trinajstić information content (AvgIpc) is 3.11. The third-order valence-corrected chi connectivity index (χ3v) is 4.66. The molecule has 2 aliphatic carbocycles. The highest BCUT2D eigenvalue weighted by Crippen LogP contribution is 2.63. The molecule has 0 aliphatic heterocycles. The van der Waals surface area contributed by atoms with Gasteiger partial charge in [-0.25, -0.2) is 0 Å². The molecule has 2 aliphatic rings. The molecule has 3 rings (SSSR count). The summed E-state index contributed by atoms with van der Waals surface area (Å²) < 4.78 is 0. The predicted molar refractivity (Wildman–Crippen MR) is 80.5 cm³/mol. The molecule has 1 aromatic rings. The van der Waals surface area contributed by atoms with Gasteiger partial charge < -0.3 is 0 Å². The van der Waals surface area contributed by atoms with Crippen molar-refractivity contribution >= 4 is 5.57 Å². The summed E-state index contributed by atoms with van der Waals surface area (Å²) in [6.07, 6.45) is 15.7. The second kappa shape index (κ2) is 4.80. The zero-order valence-corrected chi connectivity index (χ0v) is 11.7. The summed E-state index contributed by atoms with van der Waals surface area (Å²) in [7, 11) is 0. The van der Waals surface area contributed by atoms with Crippen LogP contribution < -0.4 is 0 Å². The number of hydrogen-bond acceptors (Lipinski definition) is 1. The molecular weight excluding hydrogens is 230 g/mol. The van der Waals surface area contributed by atoms with E-state index in [-0.39, 0.29) is 0 Å². The Morgan fingerprint density at radius 3 is 2.84 bits per heavy atom. The van der Waals surface area contributed by atoms with Crippen LogP contribution in [0, 0.1) is 17.3 Å². The van der Waals surface area contributed by atoms with Gasteiger partial charge in [0.05, 0.1) is 5.69 Å². The standard InChI is InChI=1S/C18H21N/c1-3-11-18(13-14(18)2)16-9-5-4-8-15(16)17-10-6-7-12-19-17/h3-8,10-12,14,16H,9,13H2,1-2H3. The van der Waals surface area contributed by atoms with Crippen LogP contribution in [0.1, 0.15) is 32.4 Å². The lowest BCUT2D eigenvalue weighted by molar-refractivity contribution is 0.437. The lowest BCUT2D eigenvalue weighted by atomic mass is 9.75. The maximum atomic E-state index is 4.55. The molecule has 0 spiro atoms. The predicted octanol–water partition coefficient (Wildman–Crippen LogP) is 4.64. The smallest absolute Gasteiger partial charge is 0.0664 e. The topological polar surface area (TPSA) is 12.9 Å². The quantitative estimate of drug-likeness (QED) is 0.713. The van der Waals surface area contributed by atoms with E-state index < -0.39 is 0 Å². The third-order valence-electron chi connectivity index (χ3n) is 4.66. The van der Waals surface area contributed by atoms with Crippen molar-refractivity contribution in [1.29, 1.82) is 0 Å². The van der Waals surface area contributed by atoms with Gasteiger partial charge in [-0.15, -0.1) is 0 Å². The Morgan fingerprint density at radius 2 is 2.21 bits per heavy atom. The zero-order chi connectivity index (χ0) is 13.3. The molecule has 0 amide bonds. The van der Waals surface area contributed by atoms with E-state index >= 15 is 0 Å². The minimum atomic E-state index is 0.364. The first-order valence-corrected chi connectivity index (χ1v) is 7.20. The van der Waals surface area contributed by atoms with E-state index in [0.717, 1.165) is 18.0 Å². The van der Waals surface area contributed by atoms with Gasteiger partial charge in [0.2, 0.25) is 0 Å². The van der Waals surface area contributed by atoms with Crippen molar-refractivity contribution in [2.45, 2.75) is 26.7 Å². The Balaban J connectivity index is 1.98. The number of allylic oxidation sites excluding steroid dienone is 6. The number of aromatic nitrogens is 1. The van der Waals surface area contributed by atoms with Gasteiger partial charge in [0.1, 0.15) is 0 Å². The SMILES string of the molecule is CC=CC1(C2CC=CC=C2c2ccccn2)CC1C. The van der Waals surface area contributed by atoms with Gasteiger partial charge in [-0.3, -0.25) is 4.98 Å². The van der Waals surface area contributed by atoms with Gasteiger partial charge >= 0.3 is 0 Å². The first kappa shape index (κ1) is 12.4. The largest absolute Gasteiger partial charge is 0.257 e. The fraction of sp³-hybridized carbons (Fsp3) is 0.389. The normalized spacial score (nSPS) is 33.5. The summed E-state index contributed by atoms with van der Waals surface area (Å²) in [6.45, 7) is 4.50. The monoisotopic (exact) mass is 251 g/mol. The van der Waals surface area contributed by atoms with Crippen LogP contribution in [0.2, 0.25) is 0 Å². The number of rotatable bonds is 3. The van der Waals surface area contributed by atoms with Gasteiger partial charge in [0.25, 0.3) is 0 Å². The van der Waals surface area contributed by atoms with Crippen LogP contribution in [-0.4, -0.2) is 4.98 Å². The van der Waals surface area contributed by atoms with Gasteiger partial charge in [-0.05, 0) is 54.7 Å². The van der Waals surface area contributed by atoms with Crippen LogP contribution in [0.15, 0.2) is 54.8 Å². The van der Waals surface area contributed by atoms with Crippen LogP contribution >= 0.6 is 0 Å². The van der Waals surface area contributed by atoms with E-state index in [9.17, 15) is 0 Å². The van der Waals surface area contributed by atoms with Crippen LogP contribution in [0.4, 0.5) is 0 Å². The molecule has 0 saturated heterocycles. The second-order valence-corrected chi connectivity index (χ2v) is 5.77. The van der Waals surface area contributed by atoms with Gasteiger partial charge in [0, 0.05) is 6.20 Å². The Kier molecular flexibility index (Phi) is 3.14. The Labute approximate surface area is 115 Å². The molecule has 98 valence electrons. The van der Waals surface area contributed by atoms with E-state index in [1.165, 1.54) is 12.0 Å². The van der Waals surface area contributed by atoms with Crippen LogP contribution in [0.25, 0.3) is 5.57 Å². The van der Waals surface area contributed by atoms with Gasteiger partial charge in [-0.2, -0.15) is 0 Å². The van der Waals surface area contributed by atoms with Crippen LogP contribution in [-0.2, 0) is 0 Å². The summed E-state index contributed by atoms with van der Waals surface area (Å²) in [5.41, 5.74) is 2.91. The molecule has 1 saturated carbocycles. The molecule has 1 nitrogen and oxygen atoms in total. The van der Waals surface area contributed by atoms with Crippen molar-refractivity contribution in [2.75, 3.05) is 0 Å². The number of nitrogens with zero attached hydrogens (tertiary/aromatic N) is 1.